The fourth-order valence-electron chi connectivity index (χ4n) is 2.75. The lowest BCUT2D eigenvalue weighted by atomic mass is 10.0. The SMILES string of the molecule is CC(C)c1ccc(OCC(=O)Nn2cnc3c(cnn3C(C)(C)C)c2=O)cc1. The van der Waals surface area contributed by atoms with Crippen molar-refractivity contribution in [1.82, 2.24) is 19.4 Å². The lowest BCUT2D eigenvalue weighted by Gasteiger charge is -2.19. The minimum Gasteiger partial charge on any atom is -0.484 e. The average molecular weight is 383 g/mol. The van der Waals surface area contributed by atoms with E-state index < -0.39 is 11.5 Å². The molecule has 2 aromatic heterocycles. The minimum atomic E-state index is -0.459. The van der Waals surface area contributed by atoms with Crippen molar-refractivity contribution in [1.29, 1.82) is 0 Å². The van der Waals surface area contributed by atoms with E-state index in [0.717, 1.165) is 4.68 Å². The largest absolute Gasteiger partial charge is 0.484 e. The predicted molar refractivity (Wildman–Crippen MR) is 107 cm³/mol. The highest BCUT2D eigenvalue weighted by Gasteiger charge is 2.20. The molecule has 0 fully saturated rings. The summed E-state index contributed by atoms with van der Waals surface area (Å²) in [6.07, 6.45) is 2.75. The van der Waals surface area contributed by atoms with E-state index >= 15 is 0 Å². The molecule has 8 nitrogen and oxygen atoms in total. The van der Waals surface area contributed by atoms with Crippen molar-refractivity contribution in [2.75, 3.05) is 12.0 Å². The fraction of sp³-hybridized carbons (Fsp3) is 0.400. The van der Waals surface area contributed by atoms with Gasteiger partial charge in [0.1, 0.15) is 17.5 Å². The summed E-state index contributed by atoms with van der Waals surface area (Å²) < 4.78 is 8.21. The van der Waals surface area contributed by atoms with Crippen LogP contribution in [0.2, 0.25) is 0 Å². The summed E-state index contributed by atoms with van der Waals surface area (Å²) in [6.45, 7) is 9.92. The summed E-state index contributed by atoms with van der Waals surface area (Å²) in [5.41, 5.74) is 3.46. The van der Waals surface area contributed by atoms with Gasteiger partial charge in [-0.25, -0.2) is 14.3 Å². The Morgan fingerprint density at radius 3 is 2.50 bits per heavy atom. The third kappa shape index (κ3) is 4.05. The number of fused-ring (bicyclic) bond motifs is 1. The molecule has 0 aliphatic rings. The van der Waals surface area contributed by atoms with E-state index in [9.17, 15) is 9.59 Å². The Kier molecular flexibility index (Phi) is 5.22. The highest BCUT2D eigenvalue weighted by Crippen LogP contribution is 2.19. The minimum absolute atomic E-state index is 0.216. The molecule has 0 radical (unpaired) electrons. The van der Waals surface area contributed by atoms with Crippen LogP contribution in [0.25, 0.3) is 11.0 Å². The first-order chi connectivity index (χ1) is 13.2. The molecule has 1 N–H and O–H groups in total. The lowest BCUT2D eigenvalue weighted by molar-refractivity contribution is -0.119. The van der Waals surface area contributed by atoms with Crippen molar-refractivity contribution in [3.05, 3.63) is 52.7 Å². The molecule has 3 rings (SSSR count). The van der Waals surface area contributed by atoms with E-state index in [4.69, 9.17) is 4.74 Å². The molecule has 1 amide bonds. The van der Waals surface area contributed by atoms with Crippen LogP contribution in [0.3, 0.4) is 0 Å². The first kappa shape index (κ1) is 19.6. The first-order valence-electron chi connectivity index (χ1n) is 9.15. The van der Waals surface area contributed by atoms with Crippen molar-refractivity contribution < 1.29 is 9.53 Å². The predicted octanol–water partition coefficient (Wildman–Crippen LogP) is 2.62. The van der Waals surface area contributed by atoms with E-state index in [0.29, 0.717) is 22.7 Å². The molecule has 0 saturated heterocycles. The normalized spacial score (nSPS) is 11.8. The molecule has 2 heterocycles. The molecular weight excluding hydrogens is 358 g/mol. The zero-order valence-electron chi connectivity index (χ0n) is 16.8. The molecule has 148 valence electrons. The van der Waals surface area contributed by atoms with Crippen molar-refractivity contribution in [3.8, 4) is 5.75 Å². The monoisotopic (exact) mass is 383 g/mol. The number of benzene rings is 1. The van der Waals surface area contributed by atoms with E-state index in [-0.39, 0.29) is 12.1 Å². The van der Waals surface area contributed by atoms with Crippen LogP contribution in [0.1, 0.15) is 46.1 Å². The number of carbonyl (C=O) groups is 1. The van der Waals surface area contributed by atoms with Crippen LogP contribution in [0.4, 0.5) is 0 Å². The maximum absolute atomic E-state index is 12.6. The molecule has 1 aromatic carbocycles. The van der Waals surface area contributed by atoms with Gasteiger partial charge in [-0.15, -0.1) is 0 Å². The van der Waals surface area contributed by atoms with Gasteiger partial charge in [0.2, 0.25) is 0 Å². The third-order valence-electron chi connectivity index (χ3n) is 4.29. The fourth-order valence-corrected chi connectivity index (χ4v) is 2.75. The maximum atomic E-state index is 12.6. The number of nitrogens with one attached hydrogen (secondary N) is 1. The zero-order chi connectivity index (χ0) is 20.5. The molecule has 0 spiro atoms. The van der Waals surface area contributed by atoms with E-state index in [1.807, 2.05) is 45.0 Å². The summed E-state index contributed by atoms with van der Waals surface area (Å²) in [7, 11) is 0. The van der Waals surface area contributed by atoms with E-state index in [1.165, 1.54) is 18.1 Å². The van der Waals surface area contributed by atoms with Gasteiger partial charge in [0.25, 0.3) is 11.5 Å². The smallest absolute Gasteiger partial charge is 0.283 e. The summed E-state index contributed by atoms with van der Waals surface area (Å²) in [6, 6.07) is 7.58. The highest BCUT2D eigenvalue weighted by atomic mass is 16.5. The van der Waals surface area contributed by atoms with Crippen molar-refractivity contribution in [3.63, 3.8) is 0 Å². The molecule has 0 unspecified atom stereocenters. The molecule has 8 heteroatoms. The lowest BCUT2D eigenvalue weighted by Crippen LogP contribution is -2.36. The van der Waals surface area contributed by atoms with Crippen molar-refractivity contribution >= 4 is 16.9 Å². The average Bonchev–Trinajstić information content (AvgIpc) is 3.08. The number of ether oxygens (including phenoxy) is 1. The summed E-state index contributed by atoms with van der Waals surface area (Å²) in [4.78, 5) is 29.0. The number of nitrogens with zero attached hydrogens (tertiary/aromatic N) is 4. The first-order valence-corrected chi connectivity index (χ1v) is 9.15. The van der Waals surface area contributed by atoms with Gasteiger partial charge in [0, 0.05) is 0 Å². The summed E-state index contributed by atoms with van der Waals surface area (Å²) in [5, 5.41) is 4.58. The highest BCUT2D eigenvalue weighted by molar-refractivity contribution is 5.85. The van der Waals surface area contributed by atoms with Crippen LogP contribution in [0.15, 0.2) is 41.6 Å². The van der Waals surface area contributed by atoms with E-state index in [2.05, 4.69) is 29.4 Å². The Labute approximate surface area is 163 Å². The van der Waals surface area contributed by atoms with Gasteiger partial charge in [0.15, 0.2) is 12.3 Å². The standard InChI is InChI=1S/C20H25N5O3/c1-13(2)14-6-8-15(9-7-14)28-11-17(26)23-24-12-21-18-16(19(24)27)10-22-25(18)20(3,4)5/h6-10,12-13H,11H2,1-5H3,(H,23,26). The van der Waals surface area contributed by atoms with Gasteiger partial charge in [-0.2, -0.15) is 5.10 Å². The Morgan fingerprint density at radius 2 is 1.89 bits per heavy atom. The van der Waals surface area contributed by atoms with Gasteiger partial charge in [0.05, 0.1) is 11.7 Å². The molecule has 28 heavy (non-hydrogen) atoms. The Bertz CT molecular complexity index is 1040. The Morgan fingerprint density at radius 1 is 1.21 bits per heavy atom. The van der Waals surface area contributed by atoms with Crippen molar-refractivity contribution in [2.45, 2.75) is 46.1 Å². The van der Waals surface area contributed by atoms with Gasteiger partial charge >= 0.3 is 0 Å². The maximum Gasteiger partial charge on any atom is 0.283 e. The van der Waals surface area contributed by atoms with Crippen LogP contribution in [0.5, 0.6) is 5.75 Å². The molecule has 0 atom stereocenters. The molecule has 0 saturated carbocycles. The summed E-state index contributed by atoms with van der Waals surface area (Å²) >= 11 is 0. The van der Waals surface area contributed by atoms with Crippen LogP contribution < -0.4 is 15.7 Å². The third-order valence-corrected chi connectivity index (χ3v) is 4.29. The molecule has 3 aromatic rings. The Balaban J connectivity index is 1.69. The number of rotatable bonds is 5. The Hall–Kier alpha value is -3.16. The van der Waals surface area contributed by atoms with E-state index in [1.54, 1.807) is 4.68 Å². The molecule has 0 aliphatic carbocycles. The second-order valence-corrected chi connectivity index (χ2v) is 7.93. The van der Waals surface area contributed by atoms with Crippen LogP contribution in [-0.4, -0.2) is 32.0 Å². The number of aromatic nitrogens is 4. The molecule has 0 bridgehead atoms. The van der Waals surface area contributed by atoms with Crippen LogP contribution >= 0.6 is 0 Å². The quantitative estimate of drug-likeness (QED) is 0.731. The number of hydrogen-bond donors (Lipinski definition) is 1. The van der Waals surface area contributed by atoms with Crippen LogP contribution in [0, 0.1) is 0 Å². The van der Waals surface area contributed by atoms with Crippen molar-refractivity contribution in [2.24, 2.45) is 0 Å². The second kappa shape index (κ2) is 7.46. The zero-order valence-corrected chi connectivity index (χ0v) is 16.8. The topological polar surface area (TPSA) is 91.0 Å². The van der Waals surface area contributed by atoms with Crippen LogP contribution in [-0.2, 0) is 10.3 Å². The van der Waals surface area contributed by atoms with Gasteiger partial charge in [-0.3, -0.25) is 15.0 Å². The number of carbonyl (C=O) groups excluding carboxylic acids is 1. The number of amides is 1. The summed E-state index contributed by atoms with van der Waals surface area (Å²) in [5.74, 6) is 0.556. The van der Waals surface area contributed by atoms with Gasteiger partial charge < -0.3 is 4.74 Å². The van der Waals surface area contributed by atoms with Gasteiger partial charge in [-0.1, -0.05) is 26.0 Å². The number of hydrogen-bond acceptors (Lipinski definition) is 5. The molecular formula is C20H25N5O3. The molecule has 0 aliphatic heterocycles. The van der Waals surface area contributed by atoms with Gasteiger partial charge in [-0.05, 0) is 44.4 Å². The second-order valence-electron chi connectivity index (χ2n) is 7.93.